The summed E-state index contributed by atoms with van der Waals surface area (Å²) in [5, 5.41) is 11.6. The number of rotatable bonds is 6. The van der Waals surface area contributed by atoms with Crippen molar-refractivity contribution in [3.05, 3.63) is 22.4 Å². The third-order valence-electron chi connectivity index (χ3n) is 4.21. The number of nitrogens with one attached hydrogen (secondary N) is 3. The number of guanidine groups is 1. The molecule has 1 aromatic rings. The minimum Gasteiger partial charge on any atom is -0.356 e. The molecule has 1 aliphatic rings. The van der Waals surface area contributed by atoms with Crippen LogP contribution >= 0.6 is 11.3 Å². The van der Waals surface area contributed by atoms with Crippen molar-refractivity contribution in [2.75, 3.05) is 20.1 Å². The van der Waals surface area contributed by atoms with Crippen LogP contribution in [0.5, 0.6) is 0 Å². The van der Waals surface area contributed by atoms with Crippen molar-refractivity contribution in [1.82, 2.24) is 16.0 Å². The van der Waals surface area contributed by atoms with E-state index in [1.54, 1.807) is 18.4 Å². The van der Waals surface area contributed by atoms with Gasteiger partial charge in [-0.05, 0) is 24.3 Å². The lowest BCUT2D eigenvalue weighted by Crippen LogP contribution is -2.46. The Hall–Kier alpha value is -1.56. The van der Waals surface area contributed by atoms with Crippen molar-refractivity contribution in [3.8, 4) is 0 Å². The summed E-state index contributed by atoms with van der Waals surface area (Å²) in [6.07, 6.45) is 5.96. The fraction of sp³-hybridized carbons (Fsp3) is 0.647. The highest BCUT2D eigenvalue weighted by Gasteiger charge is 2.15. The molecule has 128 valence electrons. The van der Waals surface area contributed by atoms with Gasteiger partial charge in [-0.2, -0.15) is 0 Å². The molecule has 23 heavy (non-hydrogen) atoms. The highest BCUT2D eigenvalue weighted by molar-refractivity contribution is 7.10. The molecular weight excluding hydrogens is 308 g/mol. The molecule has 1 amide bonds. The maximum atomic E-state index is 12.0. The van der Waals surface area contributed by atoms with E-state index in [-0.39, 0.29) is 12.5 Å². The Balaban J connectivity index is 1.67. The van der Waals surface area contributed by atoms with Gasteiger partial charge in [0.1, 0.15) is 0 Å². The summed E-state index contributed by atoms with van der Waals surface area (Å²) in [5.74, 6) is 1.14. The van der Waals surface area contributed by atoms with E-state index in [0.717, 1.165) is 19.4 Å². The molecule has 0 radical (unpaired) electrons. The molecule has 0 bridgehead atoms. The van der Waals surface area contributed by atoms with Gasteiger partial charge < -0.3 is 16.0 Å². The fourth-order valence-electron chi connectivity index (χ4n) is 2.83. The number of amides is 1. The first-order chi connectivity index (χ1) is 11.2. The minimum absolute atomic E-state index is 0.0474. The number of aliphatic imine (C=N–C) groups is 1. The minimum atomic E-state index is 0.0474. The normalized spacial score (nSPS) is 17.6. The van der Waals surface area contributed by atoms with E-state index in [2.05, 4.69) is 45.4 Å². The fourth-order valence-corrected chi connectivity index (χ4v) is 3.62. The van der Waals surface area contributed by atoms with Gasteiger partial charge >= 0.3 is 0 Å². The summed E-state index contributed by atoms with van der Waals surface area (Å²) in [7, 11) is 1.73. The second-order valence-electron chi connectivity index (χ2n) is 6.13. The lowest BCUT2D eigenvalue weighted by molar-refractivity contribution is -0.120. The number of thiophene rings is 1. The summed E-state index contributed by atoms with van der Waals surface area (Å²) < 4.78 is 0. The monoisotopic (exact) mass is 336 g/mol. The molecule has 1 heterocycles. The summed E-state index contributed by atoms with van der Waals surface area (Å²) in [6, 6.07) is 4.57. The van der Waals surface area contributed by atoms with E-state index in [9.17, 15) is 4.79 Å². The van der Waals surface area contributed by atoms with E-state index in [1.165, 1.54) is 24.1 Å². The smallest absolute Gasteiger partial charge is 0.239 e. The van der Waals surface area contributed by atoms with Crippen molar-refractivity contribution in [2.45, 2.75) is 51.0 Å². The van der Waals surface area contributed by atoms with Crippen molar-refractivity contribution in [2.24, 2.45) is 4.99 Å². The molecule has 0 spiro atoms. The summed E-state index contributed by atoms with van der Waals surface area (Å²) >= 11 is 1.76. The molecule has 6 heteroatoms. The number of hydrogen-bond donors (Lipinski definition) is 3. The van der Waals surface area contributed by atoms with Crippen molar-refractivity contribution in [3.63, 3.8) is 0 Å². The zero-order chi connectivity index (χ0) is 16.5. The predicted molar refractivity (Wildman–Crippen MR) is 97.1 cm³/mol. The largest absolute Gasteiger partial charge is 0.356 e. The highest BCUT2D eigenvalue weighted by atomic mass is 32.1. The molecule has 5 nitrogen and oxygen atoms in total. The molecule has 1 atom stereocenters. The van der Waals surface area contributed by atoms with E-state index in [1.807, 2.05) is 0 Å². The highest BCUT2D eigenvalue weighted by Crippen LogP contribution is 2.19. The quantitative estimate of drug-likeness (QED) is 0.552. The van der Waals surface area contributed by atoms with Crippen LogP contribution < -0.4 is 16.0 Å². The Morgan fingerprint density at radius 1 is 1.35 bits per heavy atom. The lowest BCUT2D eigenvalue weighted by Gasteiger charge is -2.23. The first-order valence-electron chi connectivity index (χ1n) is 8.46. The van der Waals surface area contributed by atoms with Crippen LogP contribution in [-0.2, 0) is 4.79 Å². The molecule has 2 rings (SSSR count). The van der Waals surface area contributed by atoms with E-state index < -0.39 is 0 Å². The van der Waals surface area contributed by atoms with Gasteiger partial charge in [-0.15, -0.1) is 11.3 Å². The van der Waals surface area contributed by atoms with Gasteiger partial charge in [0, 0.05) is 30.4 Å². The van der Waals surface area contributed by atoms with Gasteiger partial charge in [0.15, 0.2) is 5.96 Å². The molecule has 1 aliphatic carbocycles. The molecule has 1 aromatic heterocycles. The van der Waals surface area contributed by atoms with Gasteiger partial charge in [0.05, 0.1) is 6.54 Å². The molecule has 3 N–H and O–H groups in total. The molecule has 1 fully saturated rings. The molecule has 1 unspecified atom stereocenters. The maximum Gasteiger partial charge on any atom is 0.239 e. The van der Waals surface area contributed by atoms with Crippen LogP contribution in [0.4, 0.5) is 0 Å². The zero-order valence-corrected chi connectivity index (χ0v) is 14.9. The van der Waals surface area contributed by atoms with E-state index >= 15 is 0 Å². The average Bonchev–Trinajstić information content (AvgIpc) is 3.10. The lowest BCUT2D eigenvalue weighted by atomic mass is 9.95. The number of carbonyl (C=O) groups is 1. The Kier molecular flexibility index (Phi) is 7.39. The van der Waals surface area contributed by atoms with Crippen LogP contribution in [0.2, 0.25) is 0 Å². The van der Waals surface area contributed by atoms with Crippen molar-refractivity contribution >= 4 is 23.2 Å². The van der Waals surface area contributed by atoms with Crippen LogP contribution in [0.25, 0.3) is 0 Å². The predicted octanol–water partition coefficient (Wildman–Crippen LogP) is 2.47. The molecular formula is C17H28N4OS. The van der Waals surface area contributed by atoms with Crippen molar-refractivity contribution < 1.29 is 4.79 Å². The Bertz CT molecular complexity index is 495. The second kappa shape index (κ2) is 9.55. The topological polar surface area (TPSA) is 65.5 Å². The zero-order valence-electron chi connectivity index (χ0n) is 14.1. The van der Waals surface area contributed by atoms with Crippen LogP contribution in [-0.4, -0.2) is 38.0 Å². The first kappa shape index (κ1) is 17.8. The summed E-state index contributed by atoms with van der Waals surface area (Å²) in [5.41, 5.74) is 0. The maximum absolute atomic E-state index is 12.0. The Labute approximate surface area is 143 Å². The first-order valence-corrected chi connectivity index (χ1v) is 9.34. The number of hydrogen-bond acceptors (Lipinski definition) is 3. The van der Waals surface area contributed by atoms with E-state index in [4.69, 9.17) is 0 Å². The molecule has 0 aliphatic heterocycles. The van der Waals surface area contributed by atoms with Gasteiger partial charge in [0.2, 0.25) is 5.91 Å². The van der Waals surface area contributed by atoms with Crippen LogP contribution in [0, 0.1) is 0 Å². The van der Waals surface area contributed by atoms with Crippen LogP contribution in [0.3, 0.4) is 0 Å². The van der Waals surface area contributed by atoms with E-state index in [0.29, 0.717) is 17.9 Å². The summed E-state index contributed by atoms with van der Waals surface area (Å²) in [4.78, 5) is 17.5. The second-order valence-corrected chi connectivity index (χ2v) is 7.10. The van der Waals surface area contributed by atoms with Crippen molar-refractivity contribution in [1.29, 1.82) is 0 Å². The number of nitrogens with zero attached hydrogens (tertiary/aromatic N) is 1. The van der Waals surface area contributed by atoms with Crippen LogP contribution in [0.1, 0.15) is 49.8 Å². The SMILES string of the molecule is CN=C(NCC(=O)NC1CCCCC1)NCC(C)c1cccs1. The standard InChI is InChI=1S/C17H28N4OS/c1-13(15-9-6-10-23-15)11-19-17(18-2)20-12-16(22)21-14-7-4-3-5-8-14/h6,9-10,13-14H,3-5,7-8,11-12H2,1-2H3,(H,21,22)(H2,18,19,20). The van der Waals surface area contributed by atoms with Crippen LogP contribution in [0.15, 0.2) is 22.5 Å². The van der Waals surface area contributed by atoms with Gasteiger partial charge in [-0.25, -0.2) is 0 Å². The molecule has 0 saturated heterocycles. The molecule has 0 aromatic carbocycles. The molecule has 1 saturated carbocycles. The number of carbonyl (C=O) groups excluding carboxylic acids is 1. The van der Waals surface area contributed by atoms with Gasteiger partial charge in [-0.1, -0.05) is 32.3 Å². The van der Waals surface area contributed by atoms with Gasteiger partial charge in [-0.3, -0.25) is 9.79 Å². The Morgan fingerprint density at radius 3 is 2.78 bits per heavy atom. The third-order valence-corrected chi connectivity index (χ3v) is 5.32. The third kappa shape index (κ3) is 6.22. The Morgan fingerprint density at radius 2 is 2.13 bits per heavy atom. The summed E-state index contributed by atoms with van der Waals surface area (Å²) in [6.45, 7) is 3.25. The van der Waals surface area contributed by atoms with Gasteiger partial charge in [0.25, 0.3) is 0 Å². The average molecular weight is 337 g/mol.